The minimum absolute atomic E-state index is 0.0389. The van der Waals surface area contributed by atoms with E-state index in [0.29, 0.717) is 23.6 Å². The second-order valence-corrected chi connectivity index (χ2v) is 7.12. The number of anilines is 1. The lowest BCUT2D eigenvalue weighted by molar-refractivity contribution is -0.116. The van der Waals surface area contributed by atoms with Gasteiger partial charge in [0, 0.05) is 35.8 Å². The van der Waals surface area contributed by atoms with Crippen molar-refractivity contribution in [2.24, 2.45) is 0 Å². The standard InChI is InChI=1S/C18H22N2O3S/c1-13-14(18(22)20-8-11-24-12-9-20)5-4-6-15(13)19-17(21)16-7-2-3-10-23-16/h4-7H,2-3,8-12H2,1H3,(H,19,21). The van der Waals surface area contributed by atoms with Gasteiger partial charge < -0.3 is 15.0 Å². The van der Waals surface area contributed by atoms with Gasteiger partial charge in [0.2, 0.25) is 0 Å². The number of nitrogens with one attached hydrogen (secondary N) is 1. The monoisotopic (exact) mass is 346 g/mol. The van der Waals surface area contributed by atoms with Gasteiger partial charge in [-0.25, -0.2) is 0 Å². The second kappa shape index (κ2) is 7.75. The van der Waals surface area contributed by atoms with Crippen molar-refractivity contribution in [1.29, 1.82) is 0 Å². The van der Waals surface area contributed by atoms with Gasteiger partial charge in [-0.1, -0.05) is 6.07 Å². The molecular formula is C18H22N2O3S. The smallest absolute Gasteiger partial charge is 0.290 e. The Morgan fingerprint density at radius 1 is 1.25 bits per heavy atom. The summed E-state index contributed by atoms with van der Waals surface area (Å²) in [6.07, 6.45) is 3.61. The number of allylic oxidation sites excluding steroid dienone is 1. The highest BCUT2D eigenvalue weighted by atomic mass is 32.2. The molecule has 0 bridgehead atoms. The van der Waals surface area contributed by atoms with Crippen molar-refractivity contribution in [2.75, 3.05) is 36.5 Å². The van der Waals surface area contributed by atoms with Gasteiger partial charge in [0.1, 0.15) is 0 Å². The Morgan fingerprint density at radius 3 is 2.75 bits per heavy atom. The fraction of sp³-hybridized carbons (Fsp3) is 0.444. The van der Waals surface area contributed by atoms with Gasteiger partial charge in [-0.05, 0) is 43.5 Å². The average molecular weight is 346 g/mol. The molecule has 2 amide bonds. The molecule has 24 heavy (non-hydrogen) atoms. The van der Waals surface area contributed by atoms with E-state index in [0.717, 1.165) is 43.0 Å². The molecule has 6 heteroatoms. The number of nitrogens with zero attached hydrogens (tertiary/aromatic N) is 1. The summed E-state index contributed by atoms with van der Waals surface area (Å²) in [6, 6.07) is 5.45. The predicted octanol–water partition coefficient (Wildman–Crippen LogP) is 2.82. The van der Waals surface area contributed by atoms with E-state index in [-0.39, 0.29) is 11.8 Å². The van der Waals surface area contributed by atoms with Crippen LogP contribution in [0.4, 0.5) is 5.69 Å². The summed E-state index contributed by atoms with van der Waals surface area (Å²) >= 11 is 1.87. The van der Waals surface area contributed by atoms with Crippen molar-refractivity contribution in [3.05, 3.63) is 41.2 Å². The van der Waals surface area contributed by atoms with Crippen molar-refractivity contribution in [3.63, 3.8) is 0 Å². The molecule has 0 atom stereocenters. The molecule has 2 aliphatic rings. The molecule has 3 rings (SSSR count). The lowest BCUT2D eigenvalue weighted by Crippen LogP contribution is -2.38. The number of carbonyl (C=O) groups is 2. The number of carbonyl (C=O) groups excluding carboxylic acids is 2. The molecule has 1 aromatic rings. The third-order valence-electron chi connectivity index (χ3n) is 4.27. The molecular weight excluding hydrogens is 324 g/mol. The lowest BCUT2D eigenvalue weighted by Gasteiger charge is -2.27. The van der Waals surface area contributed by atoms with E-state index in [1.54, 1.807) is 0 Å². The van der Waals surface area contributed by atoms with Crippen LogP contribution < -0.4 is 5.32 Å². The molecule has 128 valence electrons. The van der Waals surface area contributed by atoms with Crippen molar-refractivity contribution >= 4 is 29.3 Å². The highest BCUT2D eigenvalue weighted by molar-refractivity contribution is 7.99. The van der Waals surface area contributed by atoms with Crippen molar-refractivity contribution in [1.82, 2.24) is 4.90 Å². The topological polar surface area (TPSA) is 58.6 Å². The molecule has 0 aliphatic carbocycles. The van der Waals surface area contributed by atoms with Crippen molar-refractivity contribution in [3.8, 4) is 0 Å². The van der Waals surface area contributed by atoms with Crippen LogP contribution in [0.1, 0.15) is 28.8 Å². The summed E-state index contributed by atoms with van der Waals surface area (Å²) in [7, 11) is 0. The van der Waals surface area contributed by atoms with Gasteiger partial charge in [-0.2, -0.15) is 11.8 Å². The fourth-order valence-electron chi connectivity index (χ4n) is 2.84. The number of amides is 2. The lowest BCUT2D eigenvalue weighted by atomic mass is 10.0. The molecule has 0 spiro atoms. The number of hydrogen-bond donors (Lipinski definition) is 1. The minimum Gasteiger partial charge on any atom is -0.488 e. The zero-order chi connectivity index (χ0) is 16.9. The molecule has 1 saturated heterocycles. The van der Waals surface area contributed by atoms with Crippen LogP contribution in [0.5, 0.6) is 0 Å². The zero-order valence-corrected chi connectivity index (χ0v) is 14.7. The van der Waals surface area contributed by atoms with E-state index < -0.39 is 0 Å². The maximum Gasteiger partial charge on any atom is 0.290 e. The number of hydrogen-bond acceptors (Lipinski definition) is 4. The first-order valence-corrected chi connectivity index (χ1v) is 9.43. The van der Waals surface area contributed by atoms with Crippen LogP contribution in [0.15, 0.2) is 30.0 Å². The summed E-state index contributed by atoms with van der Waals surface area (Å²) < 4.78 is 5.40. The van der Waals surface area contributed by atoms with Crippen LogP contribution in [0.3, 0.4) is 0 Å². The SMILES string of the molecule is Cc1c(NC(=O)C2=CCCCO2)cccc1C(=O)N1CCSCC1. The molecule has 1 fully saturated rings. The van der Waals surface area contributed by atoms with Gasteiger partial charge in [0.05, 0.1) is 6.61 Å². The van der Waals surface area contributed by atoms with Gasteiger partial charge >= 0.3 is 0 Å². The van der Waals surface area contributed by atoms with Gasteiger partial charge in [0.15, 0.2) is 5.76 Å². The summed E-state index contributed by atoms with van der Waals surface area (Å²) in [5, 5.41) is 2.87. The maximum absolute atomic E-state index is 12.7. The van der Waals surface area contributed by atoms with E-state index in [9.17, 15) is 9.59 Å². The van der Waals surface area contributed by atoms with Crippen LogP contribution in [0, 0.1) is 6.92 Å². The highest BCUT2D eigenvalue weighted by Gasteiger charge is 2.22. The fourth-order valence-corrected chi connectivity index (χ4v) is 3.74. The zero-order valence-electron chi connectivity index (χ0n) is 13.8. The summed E-state index contributed by atoms with van der Waals surface area (Å²) in [4.78, 5) is 26.9. The number of ether oxygens (including phenoxy) is 1. The quantitative estimate of drug-likeness (QED) is 0.914. The Morgan fingerprint density at radius 2 is 2.04 bits per heavy atom. The molecule has 5 nitrogen and oxygen atoms in total. The van der Waals surface area contributed by atoms with Gasteiger partial charge in [0.25, 0.3) is 11.8 Å². The molecule has 2 aliphatic heterocycles. The van der Waals surface area contributed by atoms with E-state index >= 15 is 0 Å². The van der Waals surface area contributed by atoms with Crippen molar-refractivity contribution in [2.45, 2.75) is 19.8 Å². The second-order valence-electron chi connectivity index (χ2n) is 5.90. The molecule has 0 radical (unpaired) electrons. The van der Waals surface area contributed by atoms with E-state index in [1.165, 1.54) is 0 Å². The first kappa shape index (κ1) is 16.9. The summed E-state index contributed by atoms with van der Waals surface area (Å²) in [5.41, 5.74) is 2.11. The Balaban J connectivity index is 1.76. The summed E-state index contributed by atoms with van der Waals surface area (Å²) in [5.74, 6) is 2.11. The van der Waals surface area contributed by atoms with Crippen LogP contribution in [-0.2, 0) is 9.53 Å². The molecule has 0 aromatic heterocycles. The van der Waals surface area contributed by atoms with Crippen LogP contribution in [0.2, 0.25) is 0 Å². The first-order chi connectivity index (χ1) is 11.7. The Hall–Kier alpha value is -1.95. The highest BCUT2D eigenvalue weighted by Crippen LogP contribution is 2.23. The van der Waals surface area contributed by atoms with Gasteiger partial charge in [-0.15, -0.1) is 0 Å². The Bertz CT molecular complexity index is 666. The number of rotatable bonds is 3. The van der Waals surface area contributed by atoms with E-state index in [4.69, 9.17) is 4.74 Å². The van der Waals surface area contributed by atoms with Crippen molar-refractivity contribution < 1.29 is 14.3 Å². The maximum atomic E-state index is 12.7. The van der Waals surface area contributed by atoms with Gasteiger partial charge in [-0.3, -0.25) is 9.59 Å². The Kier molecular flexibility index (Phi) is 5.45. The normalized spacial score (nSPS) is 17.7. The molecule has 2 heterocycles. The third kappa shape index (κ3) is 3.75. The molecule has 1 aromatic carbocycles. The third-order valence-corrected chi connectivity index (χ3v) is 5.21. The molecule has 0 unspecified atom stereocenters. The van der Waals surface area contributed by atoms with Crippen LogP contribution in [0.25, 0.3) is 0 Å². The summed E-state index contributed by atoms with van der Waals surface area (Å²) in [6.45, 7) is 4.00. The first-order valence-electron chi connectivity index (χ1n) is 8.28. The van der Waals surface area contributed by atoms with Crippen LogP contribution in [-0.4, -0.2) is 47.9 Å². The molecule has 1 N–H and O–H groups in total. The predicted molar refractivity (Wildman–Crippen MR) is 96.3 cm³/mol. The van der Waals surface area contributed by atoms with E-state index in [2.05, 4.69) is 5.32 Å². The Labute approximate surface area is 146 Å². The average Bonchev–Trinajstić information content (AvgIpc) is 2.64. The number of thioether (sulfide) groups is 1. The number of benzene rings is 1. The largest absolute Gasteiger partial charge is 0.488 e. The molecule has 0 saturated carbocycles. The van der Waals surface area contributed by atoms with E-state index in [1.807, 2.05) is 47.9 Å². The van der Waals surface area contributed by atoms with Crippen LogP contribution >= 0.6 is 11.8 Å². The minimum atomic E-state index is -0.253.